The fraction of sp³-hybridized carbons (Fsp3) is 0.333. The van der Waals surface area contributed by atoms with Gasteiger partial charge in [0.2, 0.25) is 0 Å². The number of hydrogen-bond donors (Lipinski definition) is 2. The number of carbonyl (C=O) groups is 1. The van der Waals surface area contributed by atoms with Crippen molar-refractivity contribution in [2.75, 3.05) is 0 Å². The van der Waals surface area contributed by atoms with E-state index in [-0.39, 0.29) is 6.42 Å². The highest BCUT2D eigenvalue weighted by Crippen LogP contribution is 2.18. The quantitative estimate of drug-likeness (QED) is 0.726. The zero-order chi connectivity index (χ0) is 9.84. The molecular formula is C9H11NO3. The van der Waals surface area contributed by atoms with Crippen molar-refractivity contribution in [2.45, 2.75) is 19.4 Å². The number of pyridine rings is 1. The van der Waals surface area contributed by atoms with Crippen LogP contribution in [-0.2, 0) is 4.79 Å². The van der Waals surface area contributed by atoms with Crippen molar-refractivity contribution in [1.82, 2.24) is 4.98 Å². The highest BCUT2D eigenvalue weighted by atomic mass is 16.4. The Kier molecular flexibility index (Phi) is 2.97. The van der Waals surface area contributed by atoms with Crippen LogP contribution in [0.4, 0.5) is 0 Å². The molecule has 70 valence electrons. The second kappa shape index (κ2) is 4.00. The van der Waals surface area contributed by atoms with E-state index >= 15 is 0 Å². The van der Waals surface area contributed by atoms with E-state index < -0.39 is 12.1 Å². The summed E-state index contributed by atoms with van der Waals surface area (Å²) in [5.41, 5.74) is 1.42. The molecule has 0 fully saturated rings. The van der Waals surface area contributed by atoms with Crippen molar-refractivity contribution in [2.24, 2.45) is 0 Å². The molecule has 0 saturated heterocycles. The minimum absolute atomic E-state index is 0.285. The first-order valence-corrected chi connectivity index (χ1v) is 3.91. The third-order valence-electron chi connectivity index (χ3n) is 1.81. The Hall–Kier alpha value is -1.42. The normalized spacial score (nSPS) is 12.5. The first kappa shape index (κ1) is 9.67. The van der Waals surface area contributed by atoms with Gasteiger partial charge in [-0.1, -0.05) is 0 Å². The molecule has 1 rings (SSSR count). The summed E-state index contributed by atoms with van der Waals surface area (Å²) in [5.74, 6) is -1.02. The number of nitrogens with zero attached hydrogens (tertiary/aromatic N) is 1. The van der Waals surface area contributed by atoms with Gasteiger partial charge in [0.25, 0.3) is 0 Å². The Morgan fingerprint density at radius 3 is 2.92 bits per heavy atom. The number of aryl methyl sites for hydroxylation is 1. The second-order valence-corrected chi connectivity index (χ2v) is 2.85. The number of rotatable bonds is 3. The molecule has 0 aliphatic carbocycles. The number of hydrogen-bond acceptors (Lipinski definition) is 3. The molecule has 0 spiro atoms. The van der Waals surface area contributed by atoms with Crippen LogP contribution in [0.3, 0.4) is 0 Å². The van der Waals surface area contributed by atoms with Crippen LogP contribution in [0.2, 0.25) is 0 Å². The SMILES string of the molecule is Cc1ccncc1[C@@H](O)CC(=O)O. The van der Waals surface area contributed by atoms with E-state index in [1.807, 2.05) is 6.92 Å². The van der Waals surface area contributed by atoms with Crippen molar-refractivity contribution in [1.29, 1.82) is 0 Å². The summed E-state index contributed by atoms with van der Waals surface area (Å²) in [5, 5.41) is 17.9. The molecule has 0 amide bonds. The van der Waals surface area contributed by atoms with E-state index in [9.17, 15) is 9.90 Å². The third-order valence-corrected chi connectivity index (χ3v) is 1.81. The molecular weight excluding hydrogens is 170 g/mol. The molecule has 0 aromatic carbocycles. The first-order chi connectivity index (χ1) is 6.11. The van der Waals surface area contributed by atoms with Crippen LogP contribution >= 0.6 is 0 Å². The zero-order valence-corrected chi connectivity index (χ0v) is 7.27. The van der Waals surface area contributed by atoms with Gasteiger partial charge in [0.15, 0.2) is 0 Å². The summed E-state index contributed by atoms with van der Waals surface area (Å²) < 4.78 is 0. The Balaban J connectivity index is 2.82. The molecule has 0 aliphatic heterocycles. The minimum atomic E-state index is -1.02. The number of aliphatic carboxylic acids is 1. The van der Waals surface area contributed by atoms with Crippen LogP contribution in [0, 0.1) is 6.92 Å². The van der Waals surface area contributed by atoms with Gasteiger partial charge in [-0.15, -0.1) is 0 Å². The lowest BCUT2D eigenvalue weighted by Gasteiger charge is -2.09. The number of carboxylic acids is 1. The molecule has 0 saturated carbocycles. The average molecular weight is 181 g/mol. The molecule has 0 radical (unpaired) electrons. The van der Waals surface area contributed by atoms with Crippen molar-refractivity contribution in [3.05, 3.63) is 29.6 Å². The maximum Gasteiger partial charge on any atom is 0.306 e. The zero-order valence-electron chi connectivity index (χ0n) is 7.27. The molecule has 1 atom stereocenters. The number of aliphatic hydroxyl groups excluding tert-OH is 1. The molecule has 1 aromatic rings. The fourth-order valence-electron chi connectivity index (χ4n) is 1.10. The van der Waals surface area contributed by atoms with Gasteiger partial charge < -0.3 is 10.2 Å². The molecule has 1 heterocycles. The summed E-state index contributed by atoms with van der Waals surface area (Å²) in [6, 6.07) is 1.74. The molecule has 0 bridgehead atoms. The van der Waals surface area contributed by atoms with E-state index in [2.05, 4.69) is 4.98 Å². The van der Waals surface area contributed by atoms with Crippen molar-refractivity contribution < 1.29 is 15.0 Å². The largest absolute Gasteiger partial charge is 0.481 e. The lowest BCUT2D eigenvalue weighted by Crippen LogP contribution is -2.07. The smallest absolute Gasteiger partial charge is 0.306 e. The Morgan fingerprint density at radius 2 is 2.38 bits per heavy atom. The van der Waals surface area contributed by atoms with Gasteiger partial charge in [-0.25, -0.2) is 0 Å². The van der Waals surface area contributed by atoms with E-state index in [0.717, 1.165) is 5.56 Å². The van der Waals surface area contributed by atoms with Gasteiger partial charge in [-0.05, 0) is 18.6 Å². The lowest BCUT2D eigenvalue weighted by atomic mass is 10.0. The monoisotopic (exact) mass is 181 g/mol. The van der Waals surface area contributed by atoms with E-state index in [1.54, 1.807) is 12.3 Å². The predicted octanol–water partition coefficient (Wildman–Crippen LogP) is 0.898. The maximum absolute atomic E-state index is 10.3. The number of aromatic nitrogens is 1. The topological polar surface area (TPSA) is 70.4 Å². The van der Waals surface area contributed by atoms with Gasteiger partial charge >= 0.3 is 5.97 Å². The van der Waals surface area contributed by atoms with Crippen LogP contribution in [-0.4, -0.2) is 21.2 Å². The first-order valence-electron chi connectivity index (χ1n) is 3.91. The fourth-order valence-corrected chi connectivity index (χ4v) is 1.10. The summed E-state index contributed by atoms with van der Waals surface area (Å²) in [6.07, 6.45) is 1.84. The maximum atomic E-state index is 10.3. The Morgan fingerprint density at radius 1 is 1.69 bits per heavy atom. The van der Waals surface area contributed by atoms with Crippen LogP contribution in [0.1, 0.15) is 23.7 Å². The third kappa shape index (κ3) is 2.52. The average Bonchev–Trinajstić information content (AvgIpc) is 2.03. The second-order valence-electron chi connectivity index (χ2n) is 2.85. The van der Waals surface area contributed by atoms with Gasteiger partial charge in [-0.2, -0.15) is 0 Å². The molecule has 13 heavy (non-hydrogen) atoms. The molecule has 0 aliphatic rings. The van der Waals surface area contributed by atoms with Crippen molar-refractivity contribution >= 4 is 5.97 Å². The molecule has 4 nitrogen and oxygen atoms in total. The standard InChI is InChI=1S/C9H11NO3/c1-6-2-3-10-5-7(6)8(11)4-9(12)13/h2-3,5,8,11H,4H2,1H3,(H,12,13)/t8-/m0/s1. The van der Waals surface area contributed by atoms with Crippen LogP contribution in [0.5, 0.6) is 0 Å². The van der Waals surface area contributed by atoms with Gasteiger partial charge in [0.05, 0.1) is 12.5 Å². The summed E-state index contributed by atoms with van der Waals surface area (Å²) in [4.78, 5) is 14.1. The van der Waals surface area contributed by atoms with Gasteiger partial charge in [0, 0.05) is 18.0 Å². The van der Waals surface area contributed by atoms with E-state index in [1.165, 1.54) is 6.20 Å². The van der Waals surface area contributed by atoms with Crippen LogP contribution in [0.25, 0.3) is 0 Å². The molecule has 4 heteroatoms. The summed E-state index contributed by atoms with van der Waals surface area (Å²) in [6.45, 7) is 1.81. The van der Waals surface area contributed by atoms with Crippen LogP contribution in [0.15, 0.2) is 18.5 Å². The van der Waals surface area contributed by atoms with E-state index in [0.29, 0.717) is 5.56 Å². The number of carboxylic acid groups (broad SMARTS) is 1. The highest BCUT2D eigenvalue weighted by Gasteiger charge is 2.13. The molecule has 1 aromatic heterocycles. The van der Waals surface area contributed by atoms with Gasteiger partial charge in [0.1, 0.15) is 0 Å². The summed E-state index contributed by atoms with van der Waals surface area (Å²) in [7, 11) is 0. The molecule has 2 N–H and O–H groups in total. The predicted molar refractivity (Wildman–Crippen MR) is 46.2 cm³/mol. The summed E-state index contributed by atoms with van der Waals surface area (Å²) >= 11 is 0. The van der Waals surface area contributed by atoms with Crippen LogP contribution < -0.4 is 0 Å². The number of aliphatic hydroxyl groups is 1. The minimum Gasteiger partial charge on any atom is -0.481 e. The Bertz CT molecular complexity index is 311. The highest BCUT2D eigenvalue weighted by molar-refractivity contribution is 5.67. The van der Waals surface area contributed by atoms with Crippen molar-refractivity contribution in [3.63, 3.8) is 0 Å². The lowest BCUT2D eigenvalue weighted by molar-refractivity contribution is -0.139. The molecule has 0 unspecified atom stereocenters. The van der Waals surface area contributed by atoms with E-state index in [4.69, 9.17) is 5.11 Å². The van der Waals surface area contributed by atoms with Crippen molar-refractivity contribution in [3.8, 4) is 0 Å². The van der Waals surface area contributed by atoms with Gasteiger partial charge in [-0.3, -0.25) is 9.78 Å². The Labute approximate surface area is 75.9 Å².